The minimum Gasteiger partial charge on any atom is -0.494 e. The average molecular weight is 478 g/mol. The standard InChI is InChI=1S/C22H15Cl3N2O2S/c1-29-18-8-7-17(25)20-19(18)26-22(30-20)27(12-13-5-3-2-4-6-13)21(28)14-9-15(23)11-16(24)10-14/h2-11H,12H2,1H3. The second-order valence-corrected chi connectivity index (χ2v) is 8.72. The van der Waals surface area contributed by atoms with E-state index in [9.17, 15) is 4.79 Å². The van der Waals surface area contributed by atoms with Crippen LogP contribution in [0.1, 0.15) is 15.9 Å². The predicted molar refractivity (Wildman–Crippen MR) is 125 cm³/mol. The van der Waals surface area contributed by atoms with Crippen LogP contribution in [0, 0.1) is 0 Å². The number of benzene rings is 3. The molecule has 1 amide bonds. The number of halogens is 3. The van der Waals surface area contributed by atoms with Crippen LogP contribution in [0.15, 0.2) is 60.7 Å². The normalized spacial score (nSPS) is 10.9. The van der Waals surface area contributed by atoms with E-state index in [1.54, 1.807) is 42.3 Å². The summed E-state index contributed by atoms with van der Waals surface area (Å²) in [5, 5.41) is 1.83. The molecule has 4 nitrogen and oxygen atoms in total. The number of fused-ring (bicyclic) bond motifs is 1. The van der Waals surface area contributed by atoms with Crippen molar-refractivity contribution >= 4 is 67.4 Å². The molecule has 8 heteroatoms. The zero-order valence-electron chi connectivity index (χ0n) is 15.7. The number of anilines is 1. The van der Waals surface area contributed by atoms with Crippen molar-refractivity contribution in [1.29, 1.82) is 0 Å². The average Bonchev–Trinajstić information content (AvgIpc) is 3.18. The number of ether oxygens (including phenoxy) is 1. The lowest BCUT2D eigenvalue weighted by Crippen LogP contribution is -2.30. The Balaban J connectivity index is 1.84. The summed E-state index contributed by atoms with van der Waals surface area (Å²) >= 11 is 20.0. The van der Waals surface area contributed by atoms with Crippen molar-refractivity contribution in [2.45, 2.75) is 6.54 Å². The van der Waals surface area contributed by atoms with E-state index >= 15 is 0 Å². The number of hydrogen-bond donors (Lipinski definition) is 0. The van der Waals surface area contributed by atoms with Crippen LogP contribution in [0.2, 0.25) is 15.1 Å². The zero-order valence-corrected chi connectivity index (χ0v) is 18.8. The number of thiazole rings is 1. The van der Waals surface area contributed by atoms with E-state index in [1.165, 1.54) is 11.3 Å². The van der Waals surface area contributed by atoms with Gasteiger partial charge in [-0.3, -0.25) is 9.69 Å². The fourth-order valence-electron chi connectivity index (χ4n) is 3.05. The molecule has 0 aliphatic carbocycles. The third-order valence-corrected chi connectivity index (χ3v) is 6.41. The molecule has 0 radical (unpaired) electrons. The van der Waals surface area contributed by atoms with Gasteiger partial charge in [-0.1, -0.05) is 76.5 Å². The summed E-state index contributed by atoms with van der Waals surface area (Å²) < 4.78 is 6.17. The number of amides is 1. The lowest BCUT2D eigenvalue weighted by molar-refractivity contribution is 0.0985. The van der Waals surface area contributed by atoms with Gasteiger partial charge in [-0.2, -0.15) is 0 Å². The van der Waals surface area contributed by atoms with Gasteiger partial charge in [0.1, 0.15) is 11.3 Å². The summed E-state index contributed by atoms with van der Waals surface area (Å²) in [5.74, 6) is 0.326. The minimum atomic E-state index is -0.266. The highest BCUT2D eigenvalue weighted by Crippen LogP contribution is 2.39. The molecule has 3 aromatic carbocycles. The number of carbonyl (C=O) groups is 1. The van der Waals surface area contributed by atoms with Crippen molar-refractivity contribution in [2.75, 3.05) is 12.0 Å². The maximum atomic E-state index is 13.5. The summed E-state index contributed by atoms with van der Waals surface area (Å²) in [5.41, 5.74) is 1.94. The highest BCUT2D eigenvalue weighted by Gasteiger charge is 2.24. The third kappa shape index (κ3) is 4.25. The molecule has 0 spiro atoms. The Morgan fingerprint density at radius 2 is 1.73 bits per heavy atom. The Bertz CT molecular complexity index is 1210. The second kappa shape index (κ2) is 8.82. The van der Waals surface area contributed by atoms with Crippen LogP contribution >= 0.6 is 46.1 Å². The van der Waals surface area contributed by atoms with Crippen molar-refractivity contribution in [3.8, 4) is 5.75 Å². The summed E-state index contributed by atoms with van der Waals surface area (Å²) in [7, 11) is 1.57. The van der Waals surface area contributed by atoms with Gasteiger partial charge in [0.25, 0.3) is 5.91 Å². The maximum absolute atomic E-state index is 13.5. The third-order valence-electron chi connectivity index (χ3n) is 4.44. The molecule has 0 aliphatic rings. The summed E-state index contributed by atoms with van der Waals surface area (Å²) in [6.45, 7) is 0.323. The van der Waals surface area contributed by atoms with Crippen molar-refractivity contribution in [1.82, 2.24) is 4.98 Å². The van der Waals surface area contributed by atoms with Crippen LogP contribution in [-0.2, 0) is 6.54 Å². The smallest absolute Gasteiger partial charge is 0.260 e. The van der Waals surface area contributed by atoms with E-state index in [-0.39, 0.29) is 5.91 Å². The van der Waals surface area contributed by atoms with Crippen molar-refractivity contribution in [2.24, 2.45) is 0 Å². The topological polar surface area (TPSA) is 42.4 Å². The first-order valence-corrected chi connectivity index (χ1v) is 10.9. The van der Waals surface area contributed by atoms with Crippen LogP contribution in [-0.4, -0.2) is 18.0 Å². The van der Waals surface area contributed by atoms with Gasteiger partial charge >= 0.3 is 0 Å². The Kier molecular flexibility index (Phi) is 6.16. The molecule has 0 unspecified atom stereocenters. The van der Waals surface area contributed by atoms with Crippen LogP contribution in [0.3, 0.4) is 0 Å². The molecule has 0 fully saturated rings. The lowest BCUT2D eigenvalue weighted by atomic mass is 10.1. The minimum absolute atomic E-state index is 0.266. The molecule has 0 atom stereocenters. The molecule has 0 bridgehead atoms. The number of rotatable bonds is 5. The molecular formula is C22H15Cl3N2O2S. The van der Waals surface area contributed by atoms with Gasteiger partial charge in [0.05, 0.1) is 23.4 Å². The number of aromatic nitrogens is 1. The number of carbonyl (C=O) groups excluding carboxylic acids is 1. The molecule has 1 heterocycles. The molecule has 0 N–H and O–H groups in total. The number of methoxy groups -OCH3 is 1. The quantitative estimate of drug-likeness (QED) is 0.307. The number of nitrogens with zero attached hydrogens (tertiary/aromatic N) is 2. The van der Waals surface area contributed by atoms with E-state index in [2.05, 4.69) is 4.98 Å². The Morgan fingerprint density at radius 1 is 1.03 bits per heavy atom. The highest BCUT2D eigenvalue weighted by molar-refractivity contribution is 7.23. The molecule has 152 valence electrons. The molecule has 4 aromatic rings. The van der Waals surface area contributed by atoms with E-state index in [1.807, 2.05) is 30.3 Å². The van der Waals surface area contributed by atoms with Crippen LogP contribution in [0.5, 0.6) is 5.75 Å². The number of hydrogen-bond acceptors (Lipinski definition) is 4. The first kappa shape index (κ1) is 20.9. The van der Waals surface area contributed by atoms with E-state index < -0.39 is 0 Å². The summed E-state index contributed by atoms with van der Waals surface area (Å²) in [6.07, 6.45) is 0. The van der Waals surface area contributed by atoms with Gasteiger partial charge in [-0.25, -0.2) is 4.98 Å². The second-order valence-electron chi connectivity index (χ2n) is 6.46. The summed E-state index contributed by atoms with van der Waals surface area (Å²) in [4.78, 5) is 19.8. The van der Waals surface area contributed by atoms with E-state index in [4.69, 9.17) is 39.5 Å². The molecule has 30 heavy (non-hydrogen) atoms. The Hall–Kier alpha value is -2.31. The lowest BCUT2D eigenvalue weighted by Gasteiger charge is -2.20. The van der Waals surface area contributed by atoms with Crippen LogP contribution < -0.4 is 9.64 Å². The van der Waals surface area contributed by atoms with Crippen molar-refractivity contribution < 1.29 is 9.53 Å². The Morgan fingerprint density at radius 3 is 2.40 bits per heavy atom. The maximum Gasteiger partial charge on any atom is 0.260 e. The first-order chi connectivity index (χ1) is 14.5. The first-order valence-electron chi connectivity index (χ1n) is 8.91. The molecule has 0 saturated carbocycles. The fraction of sp³-hybridized carbons (Fsp3) is 0.0909. The SMILES string of the molecule is COc1ccc(Cl)c2sc(N(Cc3ccccc3)C(=O)c3cc(Cl)cc(Cl)c3)nc12. The summed E-state index contributed by atoms with van der Waals surface area (Å²) in [6, 6.07) is 18.0. The van der Waals surface area contributed by atoms with Gasteiger partial charge in [-0.15, -0.1) is 0 Å². The molecular weight excluding hydrogens is 463 g/mol. The Labute approximate surface area is 192 Å². The van der Waals surface area contributed by atoms with Crippen molar-refractivity contribution in [3.63, 3.8) is 0 Å². The monoisotopic (exact) mass is 476 g/mol. The van der Waals surface area contributed by atoms with Gasteiger partial charge < -0.3 is 4.74 Å². The van der Waals surface area contributed by atoms with Gasteiger partial charge in [0, 0.05) is 15.6 Å². The van der Waals surface area contributed by atoms with Crippen LogP contribution in [0.25, 0.3) is 10.2 Å². The fourth-order valence-corrected chi connectivity index (χ4v) is 4.83. The van der Waals surface area contributed by atoms with E-state index in [0.717, 1.165) is 10.3 Å². The largest absolute Gasteiger partial charge is 0.494 e. The predicted octanol–water partition coefficient (Wildman–Crippen LogP) is 7.11. The highest BCUT2D eigenvalue weighted by atomic mass is 35.5. The van der Waals surface area contributed by atoms with Crippen LogP contribution in [0.4, 0.5) is 5.13 Å². The molecule has 1 aromatic heterocycles. The molecule has 4 rings (SSSR count). The van der Waals surface area contributed by atoms with E-state index in [0.29, 0.717) is 43.6 Å². The van der Waals surface area contributed by atoms with Gasteiger partial charge in [0.2, 0.25) is 0 Å². The van der Waals surface area contributed by atoms with Crippen molar-refractivity contribution in [3.05, 3.63) is 86.9 Å². The molecule has 0 saturated heterocycles. The van der Waals surface area contributed by atoms with Gasteiger partial charge in [0.15, 0.2) is 5.13 Å². The molecule has 0 aliphatic heterocycles. The van der Waals surface area contributed by atoms with Gasteiger partial charge in [-0.05, 0) is 35.9 Å². The zero-order chi connectivity index (χ0) is 21.3.